The van der Waals surface area contributed by atoms with Crippen LogP contribution < -0.4 is 16.0 Å². The lowest BCUT2D eigenvalue weighted by molar-refractivity contribution is -0.128. The number of aliphatic imine (C=N–C) groups is 1. The van der Waals surface area contributed by atoms with E-state index in [0.29, 0.717) is 18.5 Å². The molecule has 0 aromatic carbocycles. The fourth-order valence-corrected chi connectivity index (χ4v) is 2.79. The minimum Gasteiger partial charge on any atom is -0.385 e. The second kappa shape index (κ2) is 9.11. The molecular formula is C17H34N4O2. The van der Waals surface area contributed by atoms with E-state index in [2.05, 4.69) is 20.9 Å². The standard InChI is InChI=1S/C17H34N4O2/c1-6-19-14(22)16(2,3)12-20-15(18-4)21-13-17(8-7-9-17)10-11-23-5/h6-13H2,1-5H3,(H,19,22)(H2,18,20,21). The maximum absolute atomic E-state index is 12.0. The van der Waals surface area contributed by atoms with Crippen molar-refractivity contribution in [3.63, 3.8) is 0 Å². The molecule has 0 spiro atoms. The highest BCUT2D eigenvalue weighted by atomic mass is 16.5. The van der Waals surface area contributed by atoms with Gasteiger partial charge in [0.15, 0.2) is 5.96 Å². The van der Waals surface area contributed by atoms with Crippen molar-refractivity contribution < 1.29 is 9.53 Å². The molecule has 0 radical (unpaired) electrons. The van der Waals surface area contributed by atoms with Gasteiger partial charge in [-0.3, -0.25) is 9.79 Å². The molecule has 0 heterocycles. The lowest BCUT2D eigenvalue weighted by Crippen LogP contribution is -2.50. The average Bonchev–Trinajstić information content (AvgIpc) is 2.48. The Morgan fingerprint density at radius 2 is 1.96 bits per heavy atom. The Kier molecular flexibility index (Phi) is 7.82. The number of rotatable bonds is 9. The minimum absolute atomic E-state index is 0.0542. The summed E-state index contributed by atoms with van der Waals surface area (Å²) in [6, 6.07) is 0. The van der Waals surface area contributed by atoms with E-state index in [-0.39, 0.29) is 5.91 Å². The molecule has 1 fully saturated rings. The highest BCUT2D eigenvalue weighted by Gasteiger charge is 2.36. The van der Waals surface area contributed by atoms with Crippen LogP contribution in [0.25, 0.3) is 0 Å². The van der Waals surface area contributed by atoms with E-state index in [0.717, 1.165) is 25.5 Å². The topological polar surface area (TPSA) is 74.8 Å². The van der Waals surface area contributed by atoms with Gasteiger partial charge in [-0.2, -0.15) is 0 Å². The normalized spacial score (nSPS) is 17.3. The SMILES string of the molecule is CCNC(=O)C(C)(C)CNC(=NC)NCC1(CCOC)CCC1. The molecule has 0 aliphatic heterocycles. The fourth-order valence-electron chi connectivity index (χ4n) is 2.79. The van der Waals surface area contributed by atoms with Crippen LogP contribution in [-0.2, 0) is 9.53 Å². The molecule has 6 nitrogen and oxygen atoms in total. The van der Waals surface area contributed by atoms with Crippen LogP contribution in [0.1, 0.15) is 46.5 Å². The van der Waals surface area contributed by atoms with E-state index in [9.17, 15) is 4.79 Å². The Morgan fingerprint density at radius 3 is 2.43 bits per heavy atom. The van der Waals surface area contributed by atoms with Gasteiger partial charge in [0.2, 0.25) is 5.91 Å². The van der Waals surface area contributed by atoms with Crippen molar-refractivity contribution >= 4 is 11.9 Å². The summed E-state index contributed by atoms with van der Waals surface area (Å²) in [4.78, 5) is 16.3. The molecule has 1 amide bonds. The molecule has 134 valence electrons. The van der Waals surface area contributed by atoms with Gasteiger partial charge < -0.3 is 20.7 Å². The van der Waals surface area contributed by atoms with Gasteiger partial charge in [-0.1, -0.05) is 6.42 Å². The number of ether oxygens (including phenoxy) is 1. The van der Waals surface area contributed by atoms with E-state index in [4.69, 9.17) is 4.74 Å². The summed E-state index contributed by atoms with van der Waals surface area (Å²) in [7, 11) is 3.51. The van der Waals surface area contributed by atoms with Crippen molar-refractivity contribution in [2.24, 2.45) is 15.8 Å². The molecule has 0 unspecified atom stereocenters. The molecule has 1 aliphatic carbocycles. The zero-order valence-corrected chi connectivity index (χ0v) is 15.4. The Hall–Kier alpha value is -1.30. The number of amides is 1. The van der Waals surface area contributed by atoms with Gasteiger partial charge in [0.05, 0.1) is 5.41 Å². The minimum atomic E-state index is -0.474. The zero-order valence-electron chi connectivity index (χ0n) is 15.4. The Labute approximate surface area is 140 Å². The molecule has 0 atom stereocenters. The van der Waals surface area contributed by atoms with Crippen molar-refractivity contribution in [2.75, 3.05) is 40.4 Å². The number of nitrogens with one attached hydrogen (secondary N) is 3. The molecule has 3 N–H and O–H groups in total. The molecule has 0 aromatic rings. The molecule has 6 heteroatoms. The molecule has 1 saturated carbocycles. The quantitative estimate of drug-likeness (QED) is 0.444. The van der Waals surface area contributed by atoms with E-state index in [1.54, 1.807) is 14.2 Å². The molecular weight excluding hydrogens is 292 g/mol. The first kappa shape index (κ1) is 19.7. The number of carbonyl (C=O) groups excluding carboxylic acids is 1. The van der Waals surface area contributed by atoms with Crippen LogP contribution in [0.4, 0.5) is 0 Å². The Bertz CT molecular complexity index is 403. The van der Waals surface area contributed by atoms with Crippen LogP contribution in [0.5, 0.6) is 0 Å². The van der Waals surface area contributed by atoms with Gasteiger partial charge in [0, 0.05) is 40.4 Å². The number of guanidine groups is 1. The first-order valence-electron chi connectivity index (χ1n) is 8.61. The number of hydrogen-bond acceptors (Lipinski definition) is 3. The second-order valence-corrected chi connectivity index (χ2v) is 7.12. The lowest BCUT2D eigenvalue weighted by Gasteiger charge is -2.42. The largest absolute Gasteiger partial charge is 0.385 e. The van der Waals surface area contributed by atoms with Gasteiger partial charge in [-0.15, -0.1) is 0 Å². The van der Waals surface area contributed by atoms with Gasteiger partial charge in [0.25, 0.3) is 0 Å². The lowest BCUT2D eigenvalue weighted by atomic mass is 9.67. The Balaban J connectivity index is 2.44. The highest BCUT2D eigenvalue weighted by molar-refractivity contribution is 5.84. The molecule has 0 saturated heterocycles. The number of nitrogens with zero attached hydrogens (tertiary/aromatic N) is 1. The smallest absolute Gasteiger partial charge is 0.227 e. The van der Waals surface area contributed by atoms with Gasteiger partial charge >= 0.3 is 0 Å². The summed E-state index contributed by atoms with van der Waals surface area (Å²) in [6.07, 6.45) is 4.86. The van der Waals surface area contributed by atoms with Gasteiger partial charge in [-0.05, 0) is 45.4 Å². The predicted octanol–water partition coefficient (Wildman–Crippen LogP) is 1.52. The van der Waals surface area contributed by atoms with E-state index in [1.165, 1.54) is 19.3 Å². The summed E-state index contributed by atoms with van der Waals surface area (Å²) in [5.41, 5.74) is -0.138. The van der Waals surface area contributed by atoms with Crippen LogP contribution in [0.3, 0.4) is 0 Å². The third-order valence-electron chi connectivity index (χ3n) is 4.75. The highest BCUT2D eigenvalue weighted by Crippen LogP contribution is 2.43. The number of hydrogen-bond donors (Lipinski definition) is 3. The second-order valence-electron chi connectivity index (χ2n) is 7.12. The molecule has 0 bridgehead atoms. The summed E-state index contributed by atoms with van der Waals surface area (Å²) >= 11 is 0. The van der Waals surface area contributed by atoms with Crippen molar-refractivity contribution in [3.8, 4) is 0 Å². The fraction of sp³-hybridized carbons (Fsp3) is 0.882. The van der Waals surface area contributed by atoms with Crippen LogP contribution in [0.2, 0.25) is 0 Å². The predicted molar refractivity (Wildman–Crippen MR) is 94.6 cm³/mol. The third kappa shape index (κ3) is 6.01. The first-order valence-corrected chi connectivity index (χ1v) is 8.61. The van der Waals surface area contributed by atoms with Crippen molar-refractivity contribution in [2.45, 2.75) is 46.5 Å². The summed E-state index contributed by atoms with van der Waals surface area (Å²) in [5.74, 6) is 0.810. The van der Waals surface area contributed by atoms with E-state index < -0.39 is 5.41 Å². The van der Waals surface area contributed by atoms with Crippen LogP contribution in [-0.4, -0.2) is 52.3 Å². The average molecular weight is 326 g/mol. The van der Waals surface area contributed by atoms with Gasteiger partial charge in [-0.25, -0.2) is 0 Å². The maximum atomic E-state index is 12.0. The van der Waals surface area contributed by atoms with Crippen molar-refractivity contribution in [1.82, 2.24) is 16.0 Å². The third-order valence-corrected chi connectivity index (χ3v) is 4.75. The summed E-state index contributed by atoms with van der Waals surface area (Å²) < 4.78 is 5.23. The Morgan fingerprint density at radius 1 is 1.26 bits per heavy atom. The molecule has 23 heavy (non-hydrogen) atoms. The van der Waals surface area contributed by atoms with E-state index in [1.807, 2.05) is 20.8 Å². The van der Waals surface area contributed by atoms with Crippen molar-refractivity contribution in [3.05, 3.63) is 0 Å². The van der Waals surface area contributed by atoms with Crippen molar-refractivity contribution in [1.29, 1.82) is 0 Å². The molecule has 1 aliphatic rings. The molecule has 0 aromatic heterocycles. The van der Waals surface area contributed by atoms with Gasteiger partial charge in [0.1, 0.15) is 0 Å². The maximum Gasteiger partial charge on any atom is 0.227 e. The molecule has 1 rings (SSSR count). The van der Waals surface area contributed by atoms with Crippen LogP contribution in [0.15, 0.2) is 4.99 Å². The first-order chi connectivity index (χ1) is 10.9. The number of carbonyl (C=O) groups is 1. The summed E-state index contributed by atoms with van der Waals surface area (Å²) in [5, 5.41) is 9.56. The van der Waals surface area contributed by atoms with E-state index >= 15 is 0 Å². The monoisotopic (exact) mass is 326 g/mol. The van der Waals surface area contributed by atoms with Crippen LogP contribution >= 0.6 is 0 Å². The number of methoxy groups -OCH3 is 1. The summed E-state index contributed by atoms with van der Waals surface area (Å²) in [6.45, 7) is 8.70. The zero-order chi connectivity index (χ0) is 17.3. The van der Waals surface area contributed by atoms with Crippen LogP contribution in [0, 0.1) is 10.8 Å².